The first-order valence-electron chi connectivity index (χ1n) is 13.6. The van der Waals surface area contributed by atoms with Gasteiger partial charge in [0.05, 0.1) is 12.9 Å². The topological polar surface area (TPSA) is 185 Å². The van der Waals surface area contributed by atoms with Crippen LogP contribution in [0.2, 0.25) is 0 Å². The number of hydrogen-bond acceptors (Lipinski definition) is 11. The van der Waals surface area contributed by atoms with E-state index in [1.165, 1.54) is 0 Å². The van der Waals surface area contributed by atoms with Crippen LogP contribution in [0.15, 0.2) is 19.0 Å². The van der Waals surface area contributed by atoms with E-state index in [1.54, 1.807) is 30.8 Å². The standard InChI is InChI=1S/C25H39N8O6P/c1-4-11-27-21-20-22(30-25(26)29-21)33(14-28-20)12-13-37-15-40(36,31-16(2)23(34)38-18-7-5-8-18)32-17(3)24(35)39-19-9-6-10-19/h4,14,16-19H,1,5-13,15H2,2-3H3,(H2,31,32,36)(H3,26,27,29,30). The Hall–Kier alpha value is -3.06. The molecule has 0 saturated heterocycles. The molecule has 2 heterocycles. The molecule has 0 bridgehead atoms. The van der Waals surface area contributed by atoms with E-state index in [1.807, 2.05) is 0 Å². The Labute approximate surface area is 233 Å². The molecule has 2 aromatic rings. The molecule has 0 amide bonds. The number of anilines is 2. The Morgan fingerprint density at radius 2 is 1.73 bits per heavy atom. The van der Waals surface area contributed by atoms with Gasteiger partial charge in [0.25, 0.3) is 0 Å². The minimum atomic E-state index is -3.60. The summed E-state index contributed by atoms with van der Waals surface area (Å²) in [5.74, 6) is -0.422. The van der Waals surface area contributed by atoms with Crippen molar-refractivity contribution in [3.05, 3.63) is 19.0 Å². The van der Waals surface area contributed by atoms with Gasteiger partial charge in [0.1, 0.15) is 30.6 Å². The zero-order chi connectivity index (χ0) is 28.7. The van der Waals surface area contributed by atoms with Crippen molar-refractivity contribution in [2.24, 2.45) is 0 Å². The second kappa shape index (κ2) is 13.5. The van der Waals surface area contributed by atoms with Gasteiger partial charge < -0.3 is 29.8 Å². The van der Waals surface area contributed by atoms with Gasteiger partial charge in [-0.3, -0.25) is 14.2 Å². The number of esters is 2. The molecule has 2 atom stereocenters. The molecule has 0 spiro atoms. The minimum absolute atomic E-state index is 0.0881. The number of carbonyl (C=O) groups excluding carboxylic acids is 2. The van der Waals surface area contributed by atoms with Crippen LogP contribution in [0.4, 0.5) is 11.8 Å². The van der Waals surface area contributed by atoms with Crippen molar-refractivity contribution < 1.29 is 28.4 Å². The number of nitrogens with zero attached hydrogens (tertiary/aromatic N) is 4. The molecular formula is C25H39N8O6P. The summed E-state index contributed by atoms with van der Waals surface area (Å²) in [6.07, 6.45) is 8.13. The number of nitrogen functional groups attached to an aromatic ring is 1. The van der Waals surface area contributed by atoms with Crippen molar-refractivity contribution in [1.82, 2.24) is 29.7 Å². The normalized spacial score (nSPS) is 18.6. The summed E-state index contributed by atoms with van der Waals surface area (Å²) in [6.45, 7) is 7.78. The highest BCUT2D eigenvalue weighted by atomic mass is 31.2. The number of aromatic nitrogens is 4. The summed E-state index contributed by atoms with van der Waals surface area (Å²) in [5, 5.41) is 8.76. The van der Waals surface area contributed by atoms with Crippen LogP contribution in [0, 0.1) is 0 Å². The average molecular weight is 579 g/mol. The fourth-order valence-electron chi connectivity index (χ4n) is 4.13. The van der Waals surface area contributed by atoms with Crippen LogP contribution >= 0.6 is 7.44 Å². The molecule has 0 radical (unpaired) electrons. The maximum Gasteiger partial charge on any atom is 0.323 e. The van der Waals surface area contributed by atoms with Gasteiger partial charge in [-0.1, -0.05) is 6.08 Å². The molecule has 2 aromatic heterocycles. The third-order valence-corrected chi connectivity index (χ3v) is 8.98. The van der Waals surface area contributed by atoms with Gasteiger partial charge >= 0.3 is 11.9 Å². The van der Waals surface area contributed by atoms with E-state index in [0.29, 0.717) is 30.1 Å². The molecule has 220 valence electrons. The number of ether oxygens (including phenoxy) is 3. The SMILES string of the molecule is C=CCNc1nc(N)nc2c1ncn2CCOCP(=O)(NC(C)C(=O)OC1CCC1)NC(C)C(=O)OC1CCC1. The Balaban J connectivity index is 1.38. The number of nitrogens with one attached hydrogen (secondary N) is 3. The Morgan fingerprint density at radius 3 is 2.25 bits per heavy atom. The van der Waals surface area contributed by atoms with E-state index < -0.39 is 31.5 Å². The van der Waals surface area contributed by atoms with Crippen molar-refractivity contribution in [1.29, 1.82) is 0 Å². The van der Waals surface area contributed by atoms with Crippen molar-refractivity contribution >= 4 is 42.3 Å². The Bertz CT molecular complexity index is 1210. The van der Waals surface area contributed by atoms with E-state index in [9.17, 15) is 14.2 Å². The van der Waals surface area contributed by atoms with Crippen LogP contribution in [0.3, 0.4) is 0 Å². The van der Waals surface area contributed by atoms with E-state index in [-0.39, 0.29) is 31.1 Å². The highest BCUT2D eigenvalue weighted by Crippen LogP contribution is 2.38. The number of imidazole rings is 1. The molecule has 40 heavy (non-hydrogen) atoms. The van der Waals surface area contributed by atoms with E-state index in [4.69, 9.17) is 19.9 Å². The molecule has 2 unspecified atom stereocenters. The summed E-state index contributed by atoms with van der Waals surface area (Å²) in [6, 6.07) is -1.76. The molecule has 2 fully saturated rings. The number of rotatable bonds is 16. The zero-order valence-corrected chi connectivity index (χ0v) is 23.9. The predicted molar refractivity (Wildman–Crippen MR) is 150 cm³/mol. The van der Waals surface area contributed by atoms with Gasteiger partial charge in [-0.25, -0.2) is 15.2 Å². The summed E-state index contributed by atoms with van der Waals surface area (Å²) in [4.78, 5) is 38.0. The molecular weight excluding hydrogens is 539 g/mol. The van der Waals surface area contributed by atoms with E-state index in [2.05, 4.69) is 37.0 Å². The van der Waals surface area contributed by atoms with Crippen molar-refractivity contribution in [2.75, 3.05) is 30.6 Å². The summed E-state index contributed by atoms with van der Waals surface area (Å²) in [7, 11) is -3.60. The first-order chi connectivity index (χ1) is 19.2. The van der Waals surface area contributed by atoms with Crippen LogP contribution in [0.5, 0.6) is 0 Å². The molecule has 5 N–H and O–H groups in total. The molecule has 2 saturated carbocycles. The maximum atomic E-state index is 13.9. The minimum Gasteiger partial charge on any atom is -0.461 e. The first kappa shape index (κ1) is 29.9. The van der Waals surface area contributed by atoms with Crippen molar-refractivity contribution in [3.63, 3.8) is 0 Å². The first-order valence-corrected chi connectivity index (χ1v) is 15.5. The third kappa shape index (κ3) is 7.78. The fourth-order valence-corrected chi connectivity index (χ4v) is 6.20. The largest absolute Gasteiger partial charge is 0.461 e. The van der Waals surface area contributed by atoms with Crippen LogP contribution in [0.1, 0.15) is 52.4 Å². The molecule has 15 heteroatoms. The van der Waals surface area contributed by atoms with Crippen LogP contribution in [-0.2, 0) is 34.9 Å². The third-order valence-electron chi connectivity index (χ3n) is 6.83. The van der Waals surface area contributed by atoms with Crippen LogP contribution in [-0.4, -0.2) is 75.2 Å². The highest BCUT2D eigenvalue weighted by Gasteiger charge is 2.34. The number of fused-ring (bicyclic) bond motifs is 1. The maximum absolute atomic E-state index is 13.9. The molecule has 2 aliphatic rings. The second-order valence-electron chi connectivity index (χ2n) is 10.2. The second-order valence-corrected chi connectivity index (χ2v) is 12.4. The van der Waals surface area contributed by atoms with Crippen molar-refractivity contribution in [2.45, 2.75) is 83.2 Å². The molecule has 2 aliphatic carbocycles. The summed E-state index contributed by atoms with van der Waals surface area (Å²) in [5.41, 5.74) is 6.93. The van der Waals surface area contributed by atoms with Gasteiger partial charge in [-0.05, 0) is 52.4 Å². The number of hydrogen-bond donors (Lipinski definition) is 4. The summed E-state index contributed by atoms with van der Waals surface area (Å²) >= 11 is 0. The average Bonchev–Trinajstić information content (AvgIpc) is 3.26. The summed E-state index contributed by atoms with van der Waals surface area (Å²) < 4.78 is 32.4. The number of carbonyl (C=O) groups is 2. The van der Waals surface area contributed by atoms with Gasteiger partial charge in [0, 0.05) is 13.1 Å². The lowest BCUT2D eigenvalue weighted by molar-refractivity contribution is -0.155. The van der Waals surface area contributed by atoms with Crippen LogP contribution in [0.25, 0.3) is 11.2 Å². The highest BCUT2D eigenvalue weighted by molar-refractivity contribution is 7.59. The predicted octanol–water partition coefficient (Wildman–Crippen LogP) is 2.32. The lowest BCUT2D eigenvalue weighted by Gasteiger charge is -2.30. The molecule has 14 nitrogen and oxygen atoms in total. The monoisotopic (exact) mass is 578 g/mol. The molecule has 0 aliphatic heterocycles. The lowest BCUT2D eigenvalue weighted by atomic mass is 9.96. The molecule has 0 aromatic carbocycles. The van der Waals surface area contributed by atoms with Gasteiger partial charge in [-0.2, -0.15) is 9.97 Å². The van der Waals surface area contributed by atoms with Gasteiger partial charge in [-0.15, -0.1) is 6.58 Å². The quantitative estimate of drug-likeness (QED) is 0.0985. The fraction of sp³-hybridized carbons (Fsp3) is 0.640. The molecule has 4 rings (SSSR count). The zero-order valence-electron chi connectivity index (χ0n) is 23.0. The van der Waals surface area contributed by atoms with E-state index >= 15 is 0 Å². The lowest BCUT2D eigenvalue weighted by Crippen LogP contribution is -2.44. The Kier molecular flexibility index (Phi) is 10.1. The van der Waals surface area contributed by atoms with E-state index in [0.717, 1.165) is 38.5 Å². The smallest absolute Gasteiger partial charge is 0.323 e. The van der Waals surface area contributed by atoms with Gasteiger partial charge in [0.2, 0.25) is 13.4 Å². The Morgan fingerprint density at radius 1 is 1.12 bits per heavy atom. The number of nitrogens with two attached hydrogens (primary N) is 1. The van der Waals surface area contributed by atoms with Crippen LogP contribution < -0.4 is 21.2 Å². The van der Waals surface area contributed by atoms with Crippen molar-refractivity contribution in [3.8, 4) is 0 Å². The van der Waals surface area contributed by atoms with Gasteiger partial charge in [0.15, 0.2) is 17.0 Å².